The molecule has 1 N–H and O–H groups in total. The van der Waals surface area contributed by atoms with E-state index in [2.05, 4.69) is 10.3 Å². The number of para-hydroxylation sites is 1. The van der Waals surface area contributed by atoms with Crippen molar-refractivity contribution in [2.75, 3.05) is 5.32 Å². The third-order valence-corrected chi connectivity index (χ3v) is 3.84. The fourth-order valence-corrected chi connectivity index (χ4v) is 2.75. The molecule has 1 aromatic carbocycles. The third kappa shape index (κ3) is 3.64. The highest BCUT2D eigenvalue weighted by atomic mass is 32.1. The second-order valence-corrected chi connectivity index (χ2v) is 5.65. The van der Waals surface area contributed by atoms with Crippen LogP contribution in [0.2, 0.25) is 0 Å². The van der Waals surface area contributed by atoms with Crippen LogP contribution in [0.4, 0.5) is 16.7 Å². The van der Waals surface area contributed by atoms with E-state index in [4.69, 9.17) is 4.42 Å². The van der Waals surface area contributed by atoms with Crippen LogP contribution in [0.3, 0.4) is 0 Å². The van der Waals surface area contributed by atoms with Crippen LogP contribution in [0.25, 0.3) is 11.6 Å². The zero-order valence-corrected chi connectivity index (χ0v) is 13.0. The number of rotatable bonds is 5. The minimum absolute atomic E-state index is 0.270. The van der Waals surface area contributed by atoms with Gasteiger partial charge in [-0.25, -0.2) is 4.98 Å². The van der Waals surface area contributed by atoms with Crippen LogP contribution in [-0.4, -0.2) is 9.91 Å². The Labute approximate surface area is 136 Å². The SMILES string of the molecule is C/C(=C\c1ccc([N+](=O)[O-])o1)c1csc(Nc2ccccc2)n1. The number of nitrogens with zero attached hydrogens (tertiary/aromatic N) is 2. The van der Waals surface area contributed by atoms with Crippen LogP contribution in [0.5, 0.6) is 0 Å². The van der Waals surface area contributed by atoms with Gasteiger partial charge >= 0.3 is 5.88 Å². The standard InChI is InChI=1S/C16H13N3O3S/c1-11(9-13-7-8-15(22-13)19(20)21)14-10-23-16(18-14)17-12-5-3-2-4-6-12/h2-10H,1H3,(H,17,18)/b11-9+. The molecule has 0 aliphatic heterocycles. The molecule has 0 aliphatic carbocycles. The van der Waals surface area contributed by atoms with Gasteiger partial charge in [-0.3, -0.25) is 10.1 Å². The van der Waals surface area contributed by atoms with E-state index in [9.17, 15) is 10.1 Å². The van der Waals surface area contributed by atoms with Crippen molar-refractivity contribution in [3.8, 4) is 0 Å². The Morgan fingerprint density at radius 2 is 2.09 bits per heavy atom. The van der Waals surface area contributed by atoms with E-state index in [1.807, 2.05) is 42.6 Å². The molecular formula is C16H13N3O3S. The van der Waals surface area contributed by atoms with Gasteiger partial charge in [0, 0.05) is 11.1 Å². The highest BCUT2D eigenvalue weighted by molar-refractivity contribution is 7.13. The molecule has 2 aromatic heterocycles. The van der Waals surface area contributed by atoms with Gasteiger partial charge in [0.15, 0.2) is 5.13 Å². The predicted molar refractivity (Wildman–Crippen MR) is 90.7 cm³/mol. The lowest BCUT2D eigenvalue weighted by atomic mass is 10.2. The Kier molecular flexibility index (Phi) is 4.20. The third-order valence-electron chi connectivity index (χ3n) is 3.08. The number of nitro groups is 1. The molecule has 0 aliphatic rings. The van der Waals surface area contributed by atoms with Gasteiger partial charge in [-0.15, -0.1) is 11.3 Å². The van der Waals surface area contributed by atoms with Crippen molar-refractivity contribution in [3.63, 3.8) is 0 Å². The summed E-state index contributed by atoms with van der Waals surface area (Å²) in [6, 6.07) is 12.7. The Morgan fingerprint density at radius 3 is 2.78 bits per heavy atom. The fraction of sp³-hybridized carbons (Fsp3) is 0.0625. The van der Waals surface area contributed by atoms with E-state index in [0.29, 0.717) is 5.76 Å². The van der Waals surface area contributed by atoms with Gasteiger partial charge in [-0.05, 0) is 36.8 Å². The molecule has 23 heavy (non-hydrogen) atoms. The van der Waals surface area contributed by atoms with Gasteiger partial charge in [0.25, 0.3) is 0 Å². The molecule has 0 saturated heterocycles. The monoisotopic (exact) mass is 327 g/mol. The van der Waals surface area contributed by atoms with E-state index >= 15 is 0 Å². The molecule has 3 rings (SSSR count). The van der Waals surface area contributed by atoms with E-state index in [0.717, 1.165) is 22.1 Å². The van der Waals surface area contributed by atoms with Crippen LogP contribution < -0.4 is 5.32 Å². The first-order chi connectivity index (χ1) is 11.1. The first-order valence-corrected chi connectivity index (χ1v) is 7.70. The fourth-order valence-electron chi connectivity index (χ4n) is 1.96. The number of benzene rings is 1. The minimum atomic E-state index is -0.558. The molecule has 116 valence electrons. The largest absolute Gasteiger partial charge is 0.433 e. The van der Waals surface area contributed by atoms with Gasteiger partial charge in [0.2, 0.25) is 0 Å². The Hall–Kier alpha value is -2.93. The zero-order valence-electron chi connectivity index (χ0n) is 12.2. The van der Waals surface area contributed by atoms with Crippen molar-refractivity contribution in [2.45, 2.75) is 6.92 Å². The van der Waals surface area contributed by atoms with Crippen molar-refractivity contribution < 1.29 is 9.34 Å². The molecule has 6 nitrogen and oxygen atoms in total. The first kappa shape index (κ1) is 15.0. The highest BCUT2D eigenvalue weighted by Gasteiger charge is 2.11. The summed E-state index contributed by atoms with van der Waals surface area (Å²) < 4.78 is 5.12. The zero-order chi connectivity index (χ0) is 16.2. The molecule has 0 bridgehead atoms. The number of anilines is 2. The average molecular weight is 327 g/mol. The molecule has 0 fully saturated rings. The van der Waals surface area contributed by atoms with Crippen molar-refractivity contribution in [1.29, 1.82) is 0 Å². The average Bonchev–Trinajstić information content (AvgIpc) is 3.18. The Balaban J connectivity index is 1.76. The van der Waals surface area contributed by atoms with Crippen molar-refractivity contribution in [2.24, 2.45) is 0 Å². The van der Waals surface area contributed by atoms with Crippen molar-refractivity contribution >= 4 is 39.7 Å². The van der Waals surface area contributed by atoms with E-state index in [1.54, 1.807) is 12.1 Å². The summed E-state index contributed by atoms with van der Waals surface area (Å²) in [6.45, 7) is 1.88. The van der Waals surface area contributed by atoms with Crippen LogP contribution in [-0.2, 0) is 0 Å². The summed E-state index contributed by atoms with van der Waals surface area (Å²) in [7, 11) is 0. The predicted octanol–water partition coefficient (Wildman–Crippen LogP) is 4.95. The maximum atomic E-state index is 10.6. The molecular weight excluding hydrogens is 314 g/mol. The molecule has 3 aromatic rings. The summed E-state index contributed by atoms with van der Waals surface area (Å²) in [4.78, 5) is 14.6. The lowest BCUT2D eigenvalue weighted by Crippen LogP contribution is -1.89. The van der Waals surface area contributed by atoms with Crippen LogP contribution in [0, 0.1) is 10.1 Å². The van der Waals surface area contributed by atoms with Crippen LogP contribution in [0.15, 0.2) is 52.3 Å². The number of hydrogen-bond acceptors (Lipinski definition) is 6. The van der Waals surface area contributed by atoms with Crippen molar-refractivity contribution in [1.82, 2.24) is 4.98 Å². The first-order valence-electron chi connectivity index (χ1n) is 6.82. The maximum absolute atomic E-state index is 10.6. The topological polar surface area (TPSA) is 81.2 Å². The van der Waals surface area contributed by atoms with Gasteiger partial charge in [0.1, 0.15) is 10.7 Å². The number of allylic oxidation sites excluding steroid dienone is 1. The van der Waals surface area contributed by atoms with E-state index in [1.165, 1.54) is 17.4 Å². The summed E-state index contributed by atoms with van der Waals surface area (Å²) in [6.07, 6.45) is 1.73. The minimum Gasteiger partial charge on any atom is -0.401 e. The smallest absolute Gasteiger partial charge is 0.401 e. The molecule has 0 spiro atoms. The summed E-state index contributed by atoms with van der Waals surface area (Å²) in [5, 5.41) is 16.6. The Morgan fingerprint density at radius 1 is 1.30 bits per heavy atom. The van der Waals surface area contributed by atoms with Gasteiger partial charge in [0.05, 0.1) is 11.8 Å². The highest BCUT2D eigenvalue weighted by Crippen LogP contribution is 2.26. The van der Waals surface area contributed by atoms with Gasteiger partial charge < -0.3 is 9.73 Å². The molecule has 0 unspecified atom stereocenters. The molecule has 7 heteroatoms. The summed E-state index contributed by atoms with van der Waals surface area (Å²) in [5.74, 6) is 0.161. The van der Waals surface area contributed by atoms with E-state index in [-0.39, 0.29) is 5.88 Å². The molecule has 0 amide bonds. The number of hydrogen-bond donors (Lipinski definition) is 1. The second-order valence-electron chi connectivity index (χ2n) is 4.79. The Bertz CT molecular complexity index is 852. The molecule has 0 radical (unpaired) electrons. The van der Waals surface area contributed by atoms with Crippen LogP contribution in [0.1, 0.15) is 18.4 Å². The van der Waals surface area contributed by atoms with Gasteiger partial charge in [-0.1, -0.05) is 18.2 Å². The molecule has 0 atom stereocenters. The molecule has 0 saturated carbocycles. The number of thiazole rings is 1. The van der Waals surface area contributed by atoms with Crippen molar-refractivity contribution in [3.05, 3.63) is 69.4 Å². The maximum Gasteiger partial charge on any atom is 0.433 e. The number of aromatic nitrogens is 1. The number of furan rings is 1. The second kappa shape index (κ2) is 6.45. The molecule has 2 heterocycles. The lowest BCUT2D eigenvalue weighted by Gasteiger charge is -2.00. The van der Waals surface area contributed by atoms with Crippen LogP contribution >= 0.6 is 11.3 Å². The number of nitrogens with one attached hydrogen (secondary N) is 1. The van der Waals surface area contributed by atoms with Gasteiger partial charge in [-0.2, -0.15) is 0 Å². The summed E-state index contributed by atoms with van der Waals surface area (Å²) >= 11 is 1.49. The quantitative estimate of drug-likeness (QED) is 0.530. The lowest BCUT2D eigenvalue weighted by molar-refractivity contribution is -0.402. The summed E-state index contributed by atoms with van der Waals surface area (Å²) in [5.41, 5.74) is 2.63. The van der Waals surface area contributed by atoms with E-state index < -0.39 is 4.92 Å². The normalized spacial score (nSPS) is 11.4.